The molecule has 4 rings (SSSR count). The van der Waals surface area contributed by atoms with E-state index in [9.17, 15) is 19.6 Å². The lowest BCUT2D eigenvalue weighted by molar-refractivity contribution is -0.149. The predicted octanol–water partition coefficient (Wildman–Crippen LogP) is 1.55. The number of nitrogens with two attached hydrogens (primary N) is 1. The number of para-hydroxylation sites is 1. The maximum Gasteiger partial charge on any atom is 0.459 e. The van der Waals surface area contributed by atoms with E-state index in [4.69, 9.17) is 24.3 Å². The van der Waals surface area contributed by atoms with Gasteiger partial charge >= 0.3 is 13.7 Å². The van der Waals surface area contributed by atoms with Crippen LogP contribution >= 0.6 is 7.75 Å². The van der Waals surface area contributed by atoms with Crippen molar-refractivity contribution >= 4 is 30.8 Å². The van der Waals surface area contributed by atoms with Crippen molar-refractivity contribution in [3.05, 3.63) is 42.9 Å². The van der Waals surface area contributed by atoms with Crippen LogP contribution in [-0.2, 0) is 23.4 Å². The molecule has 2 unspecified atom stereocenters. The molecule has 0 spiro atoms. The highest BCUT2D eigenvalue weighted by atomic mass is 31.2. The second-order valence-electron chi connectivity index (χ2n) is 9.29. The minimum atomic E-state index is -4.27. The Labute approximate surface area is 230 Å². The summed E-state index contributed by atoms with van der Waals surface area (Å²) in [7, 11) is -4.27. The summed E-state index contributed by atoms with van der Waals surface area (Å²) in [5.41, 5.74) is 4.19. The first-order chi connectivity index (χ1) is 19.0. The average Bonchev–Trinajstić information content (AvgIpc) is 3.41. The van der Waals surface area contributed by atoms with Crippen molar-refractivity contribution in [2.45, 2.75) is 63.9 Å². The zero-order chi connectivity index (χ0) is 29.1. The monoisotopic (exact) mass is 574 g/mol. The third-order valence-electron chi connectivity index (χ3n) is 5.83. The molecule has 0 radical (unpaired) electrons. The number of carbonyl (C=O) groups excluding carboxylic acids is 1. The van der Waals surface area contributed by atoms with Crippen molar-refractivity contribution in [1.82, 2.24) is 24.6 Å². The van der Waals surface area contributed by atoms with E-state index in [1.807, 2.05) is 0 Å². The summed E-state index contributed by atoms with van der Waals surface area (Å²) in [5, 5.41) is 25.1. The number of esters is 1. The van der Waals surface area contributed by atoms with Gasteiger partial charge < -0.3 is 29.9 Å². The number of hydrogen-bond donors (Lipinski definition) is 4. The third kappa shape index (κ3) is 6.26. The van der Waals surface area contributed by atoms with Gasteiger partial charge in [-0.2, -0.15) is 10.1 Å². The smallest absolute Gasteiger partial charge is 0.459 e. The molecule has 6 atom stereocenters. The molecule has 40 heavy (non-hydrogen) atoms. The van der Waals surface area contributed by atoms with Gasteiger partial charge in [-0.25, -0.2) is 14.5 Å². The minimum Gasteiger partial charge on any atom is -0.462 e. The standard InChI is InChI=1S/C25H31N6O8P/c1-5-11-25(34)20(32)19(38-23(25)31-14-28-18-12-27-24(26)29-21(18)31)13-36-40(35,39-17-9-7-6-8-10-17)30-16(4)22(33)37-15(2)3/h6-10,12,14-16,19-20,23,32,34H,13H2,1-4H3,(H,30,35)(H2,26,27,29)/t16-,19+,20-,23+,25?,40?/m0/s1. The Kier molecular flexibility index (Phi) is 8.74. The number of nitrogen functional groups attached to an aromatic ring is 1. The van der Waals surface area contributed by atoms with Crippen molar-refractivity contribution in [3.8, 4) is 17.6 Å². The first kappa shape index (κ1) is 29.4. The minimum absolute atomic E-state index is 0.0343. The fraction of sp³-hybridized carbons (Fsp3) is 0.440. The number of imidazole rings is 1. The van der Waals surface area contributed by atoms with Gasteiger partial charge in [-0.15, -0.1) is 5.92 Å². The molecule has 0 aliphatic carbocycles. The molecule has 2 aromatic heterocycles. The van der Waals surface area contributed by atoms with Gasteiger partial charge in [-0.05, 0) is 39.8 Å². The van der Waals surface area contributed by atoms with E-state index < -0.39 is 56.5 Å². The number of ether oxygens (including phenoxy) is 2. The average molecular weight is 575 g/mol. The van der Waals surface area contributed by atoms with Gasteiger partial charge in [0.1, 0.15) is 29.5 Å². The van der Waals surface area contributed by atoms with Gasteiger partial charge in [0.2, 0.25) is 5.95 Å². The molecule has 1 aliphatic heterocycles. The van der Waals surface area contributed by atoms with Crippen molar-refractivity contribution in [3.63, 3.8) is 0 Å². The predicted molar refractivity (Wildman–Crippen MR) is 143 cm³/mol. The molecule has 3 aromatic rings. The van der Waals surface area contributed by atoms with Crippen LogP contribution in [0.4, 0.5) is 5.95 Å². The highest BCUT2D eigenvalue weighted by molar-refractivity contribution is 7.52. The van der Waals surface area contributed by atoms with Crippen LogP contribution in [0.3, 0.4) is 0 Å². The van der Waals surface area contributed by atoms with E-state index in [1.54, 1.807) is 44.2 Å². The number of carbonyl (C=O) groups is 1. The highest BCUT2D eigenvalue weighted by Crippen LogP contribution is 2.47. The summed E-state index contributed by atoms with van der Waals surface area (Å²) in [6.07, 6.45) is -1.84. The number of aliphatic hydroxyl groups is 2. The number of rotatable bonds is 10. The van der Waals surface area contributed by atoms with Crippen molar-refractivity contribution in [2.24, 2.45) is 0 Å². The quantitative estimate of drug-likeness (QED) is 0.155. The van der Waals surface area contributed by atoms with Gasteiger partial charge in [0.25, 0.3) is 0 Å². The maximum absolute atomic E-state index is 13.8. The zero-order valence-electron chi connectivity index (χ0n) is 22.3. The molecule has 0 amide bonds. The molecule has 1 fully saturated rings. The van der Waals surface area contributed by atoms with E-state index in [1.165, 1.54) is 30.9 Å². The van der Waals surface area contributed by atoms with Gasteiger partial charge in [-0.3, -0.25) is 13.9 Å². The van der Waals surface area contributed by atoms with Crippen LogP contribution in [0.15, 0.2) is 42.9 Å². The highest BCUT2D eigenvalue weighted by Gasteiger charge is 2.56. The van der Waals surface area contributed by atoms with Gasteiger partial charge in [-0.1, -0.05) is 24.1 Å². The van der Waals surface area contributed by atoms with E-state index in [0.717, 1.165) is 0 Å². The molecule has 3 heterocycles. The van der Waals surface area contributed by atoms with Crippen LogP contribution < -0.4 is 15.3 Å². The molecule has 14 nitrogen and oxygen atoms in total. The largest absolute Gasteiger partial charge is 0.462 e. The van der Waals surface area contributed by atoms with Crippen molar-refractivity contribution < 1.29 is 38.1 Å². The summed E-state index contributed by atoms with van der Waals surface area (Å²) in [5.74, 6) is 4.68. The SMILES string of the molecule is CC#CC1(O)[C@@H](O)[C@@H](COP(=O)(N[C@@H](C)C(=O)OC(C)C)Oc2ccccc2)O[C@H]1n1cnc2cnc(N)nc21. The second kappa shape index (κ2) is 11.9. The molecule has 1 aliphatic rings. The van der Waals surface area contributed by atoms with Crippen molar-refractivity contribution in [1.29, 1.82) is 0 Å². The Morgan fingerprint density at radius 2 is 2.02 bits per heavy atom. The molecular weight excluding hydrogens is 543 g/mol. The summed E-state index contributed by atoms with van der Waals surface area (Å²) < 4.78 is 37.6. The molecule has 0 saturated carbocycles. The lowest BCUT2D eigenvalue weighted by atomic mass is 9.94. The number of anilines is 1. The summed E-state index contributed by atoms with van der Waals surface area (Å²) >= 11 is 0. The Balaban J connectivity index is 1.59. The lowest BCUT2D eigenvalue weighted by Crippen LogP contribution is -2.46. The van der Waals surface area contributed by atoms with Crippen LogP contribution in [0.1, 0.15) is 33.9 Å². The summed E-state index contributed by atoms with van der Waals surface area (Å²) in [6.45, 7) is 5.76. The zero-order valence-corrected chi connectivity index (χ0v) is 23.2. The van der Waals surface area contributed by atoms with E-state index in [2.05, 4.69) is 31.9 Å². The van der Waals surface area contributed by atoms with Gasteiger partial charge in [0.05, 0.1) is 25.2 Å². The van der Waals surface area contributed by atoms with Gasteiger partial charge in [0.15, 0.2) is 17.5 Å². The summed E-state index contributed by atoms with van der Waals surface area (Å²) in [6, 6.07) is 7.10. The van der Waals surface area contributed by atoms with E-state index in [-0.39, 0.29) is 17.3 Å². The molecular formula is C25H31N6O8P. The number of nitrogens with one attached hydrogen (secondary N) is 1. The summed E-state index contributed by atoms with van der Waals surface area (Å²) in [4.78, 5) is 24.6. The molecule has 15 heteroatoms. The fourth-order valence-corrected chi connectivity index (χ4v) is 5.54. The molecule has 5 N–H and O–H groups in total. The molecule has 0 bridgehead atoms. The van der Waals surface area contributed by atoms with Crippen LogP contribution in [0.5, 0.6) is 5.75 Å². The first-order valence-corrected chi connectivity index (χ1v) is 13.9. The lowest BCUT2D eigenvalue weighted by Gasteiger charge is -2.26. The molecule has 1 saturated heterocycles. The number of aromatic nitrogens is 4. The topological polar surface area (TPSA) is 193 Å². The maximum atomic E-state index is 13.8. The number of hydrogen-bond acceptors (Lipinski definition) is 12. The third-order valence-corrected chi connectivity index (χ3v) is 7.47. The normalized spacial score (nSPS) is 24.7. The first-order valence-electron chi connectivity index (χ1n) is 12.4. The Bertz CT molecular complexity index is 1460. The fourth-order valence-electron chi connectivity index (χ4n) is 4.03. The Morgan fingerprint density at radius 3 is 2.70 bits per heavy atom. The van der Waals surface area contributed by atoms with Crippen molar-refractivity contribution in [2.75, 3.05) is 12.3 Å². The van der Waals surface area contributed by atoms with Gasteiger partial charge in [0, 0.05) is 0 Å². The van der Waals surface area contributed by atoms with Crippen LogP contribution in [0.2, 0.25) is 0 Å². The van der Waals surface area contributed by atoms with Crippen LogP contribution in [0.25, 0.3) is 11.2 Å². The number of aliphatic hydroxyl groups excluding tert-OH is 1. The molecule has 1 aromatic carbocycles. The Hall–Kier alpha value is -3.57. The molecule has 214 valence electrons. The Morgan fingerprint density at radius 1 is 1.30 bits per heavy atom. The number of nitrogens with zero attached hydrogens (tertiary/aromatic N) is 4. The van der Waals surface area contributed by atoms with E-state index in [0.29, 0.717) is 5.52 Å². The van der Waals surface area contributed by atoms with E-state index >= 15 is 0 Å². The second-order valence-corrected chi connectivity index (χ2v) is 11.0. The number of fused-ring (bicyclic) bond motifs is 1. The van der Waals surface area contributed by atoms with Crippen LogP contribution in [-0.4, -0.2) is 72.3 Å². The number of benzene rings is 1. The van der Waals surface area contributed by atoms with Crippen LogP contribution in [0, 0.1) is 11.8 Å².